The van der Waals surface area contributed by atoms with Crippen LogP contribution in [-0.2, 0) is 4.79 Å². The quantitative estimate of drug-likeness (QED) is 0.543. The minimum Gasteiger partial charge on any atom is -0.333 e. The number of thioether (sulfide) groups is 1. The number of H-pyrrole nitrogens is 1. The summed E-state index contributed by atoms with van der Waals surface area (Å²) < 4.78 is 0. The fraction of sp³-hybridized carbons (Fsp3) is 0.0526. The summed E-state index contributed by atoms with van der Waals surface area (Å²) in [6.45, 7) is 0. The molecule has 0 bridgehead atoms. The lowest BCUT2D eigenvalue weighted by molar-refractivity contribution is -0.113. The van der Waals surface area contributed by atoms with Gasteiger partial charge in [-0.1, -0.05) is 54.2 Å². The molecule has 0 aliphatic rings. The molecule has 0 atom stereocenters. The fourth-order valence-corrected chi connectivity index (χ4v) is 3.28. The van der Waals surface area contributed by atoms with E-state index in [0.717, 1.165) is 27.3 Å². The van der Waals surface area contributed by atoms with Crippen LogP contribution in [0.2, 0.25) is 0 Å². The summed E-state index contributed by atoms with van der Waals surface area (Å²) in [5, 5.41) is 5.96. The first-order valence-corrected chi connectivity index (χ1v) is 8.63. The van der Waals surface area contributed by atoms with Crippen molar-refractivity contribution in [2.45, 2.75) is 5.16 Å². The van der Waals surface area contributed by atoms with Crippen LogP contribution in [0.15, 0.2) is 71.9 Å². The van der Waals surface area contributed by atoms with Crippen LogP contribution >= 0.6 is 11.8 Å². The van der Waals surface area contributed by atoms with Crippen LogP contribution in [0.25, 0.3) is 21.8 Å². The van der Waals surface area contributed by atoms with Crippen molar-refractivity contribution in [1.29, 1.82) is 0 Å². The molecule has 0 spiro atoms. The van der Waals surface area contributed by atoms with Gasteiger partial charge in [0.05, 0.1) is 16.8 Å². The first kappa shape index (κ1) is 14.8. The zero-order valence-electron chi connectivity index (χ0n) is 12.8. The number of hydrogen-bond acceptors (Lipinski definition) is 3. The van der Waals surface area contributed by atoms with E-state index < -0.39 is 0 Å². The smallest absolute Gasteiger partial charge is 0.234 e. The monoisotopic (exact) mass is 333 g/mol. The Balaban J connectivity index is 1.48. The molecule has 4 nitrogen and oxygen atoms in total. The Kier molecular flexibility index (Phi) is 3.92. The largest absolute Gasteiger partial charge is 0.333 e. The van der Waals surface area contributed by atoms with Crippen LogP contribution in [0, 0.1) is 0 Å². The molecule has 0 radical (unpaired) electrons. The molecule has 1 amide bonds. The van der Waals surface area contributed by atoms with Crippen LogP contribution in [0.1, 0.15) is 0 Å². The molecule has 24 heavy (non-hydrogen) atoms. The number of aromatic amines is 1. The highest BCUT2D eigenvalue weighted by molar-refractivity contribution is 7.99. The number of nitrogens with one attached hydrogen (secondary N) is 2. The number of anilines is 1. The Hall–Kier alpha value is -2.79. The van der Waals surface area contributed by atoms with E-state index >= 15 is 0 Å². The van der Waals surface area contributed by atoms with Crippen LogP contribution < -0.4 is 5.32 Å². The van der Waals surface area contributed by atoms with Gasteiger partial charge in [-0.05, 0) is 35.0 Å². The van der Waals surface area contributed by atoms with Crippen LogP contribution in [0.5, 0.6) is 0 Å². The number of aromatic nitrogens is 2. The average molecular weight is 333 g/mol. The second kappa shape index (κ2) is 6.37. The number of benzene rings is 3. The summed E-state index contributed by atoms with van der Waals surface area (Å²) >= 11 is 1.40. The number of amides is 1. The van der Waals surface area contributed by atoms with Crippen LogP contribution in [-0.4, -0.2) is 21.6 Å². The van der Waals surface area contributed by atoms with E-state index in [1.807, 2.05) is 42.5 Å². The van der Waals surface area contributed by atoms with Crippen molar-refractivity contribution in [3.8, 4) is 0 Å². The number of rotatable bonds is 4. The van der Waals surface area contributed by atoms with Gasteiger partial charge in [0.15, 0.2) is 5.16 Å². The normalized spacial score (nSPS) is 11.0. The van der Waals surface area contributed by atoms with Gasteiger partial charge in [-0.2, -0.15) is 0 Å². The van der Waals surface area contributed by atoms with E-state index in [4.69, 9.17) is 0 Å². The van der Waals surface area contributed by atoms with Gasteiger partial charge in [0.1, 0.15) is 0 Å². The lowest BCUT2D eigenvalue weighted by atomic mass is 10.1. The number of carbonyl (C=O) groups is 1. The molecule has 5 heteroatoms. The first-order chi connectivity index (χ1) is 11.8. The van der Waals surface area contributed by atoms with Gasteiger partial charge in [-0.25, -0.2) is 4.98 Å². The molecule has 0 aliphatic carbocycles. The SMILES string of the molecule is O=C(CSc1nc2cc3ccccc3cc2[nH]1)Nc1ccccc1. The summed E-state index contributed by atoms with van der Waals surface area (Å²) in [7, 11) is 0. The summed E-state index contributed by atoms with van der Waals surface area (Å²) in [6, 6.07) is 21.8. The van der Waals surface area contributed by atoms with Crippen molar-refractivity contribution in [3.05, 3.63) is 66.7 Å². The Morgan fingerprint density at radius 3 is 2.50 bits per heavy atom. The zero-order valence-corrected chi connectivity index (χ0v) is 13.6. The molecule has 4 rings (SSSR count). The number of hydrogen-bond donors (Lipinski definition) is 2. The average Bonchev–Trinajstić information content (AvgIpc) is 3.00. The highest BCUT2D eigenvalue weighted by Crippen LogP contribution is 2.24. The van der Waals surface area contributed by atoms with Crippen molar-refractivity contribution < 1.29 is 4.79 Å². The third kappa shape index (κ3) is 3.12. The Morgan fingerprint density at radius 1 is 1.00 bits per heavy atom. The minimum atomic E-state index is -0.0446. The number of para-hydroxylation sites is 1. The molecule has 0 unspecified atom stereocenters. The van der Waals surface area contributed by atoms with Gasteiger partial charge < -0.3 is 10.3 Å². The number of carbonyl (C=O) groups excluding carboxylic acids is 1. The van der Waals surface area contributed by atoms with Gasteiger partial charge in [-0.15, -0.1) is 0 Å². The highest BCUT2D eigenvalue weighted by atomic mass is 32.2. The molecule has 4 aromatic rings. The van der Waals surface area contributed by atoms with Crippen molar-refractivity contribution in [1.82, 2.24) is 9.97 Å². The molecule has 0 saturated heterocycles. The summed E-state index contributed by atoms with van der Waals surface area (Å²) in [5.74, 6) is 0.269. The molecule has 118 valence electrons. The molecule has 1 aromatic heterocycles. The maximum atomic E-state index is 12.0. The molecule has 1 heterocycles. The van der Waals surface area contributed by atoms with E-state index in [1.54, 1.807) is 0 Å². The second-order valence-electron chi connectivity index (χ2n) is 5.46. The Morgan fingerprint density at radius 2 is 1.71 bits per heavy atom. The summed E-state index contributed by atoms with van der Waals surface area (Å²) in [4.78, 5) is 19.9. The Bertz CT molecular complexity index is 958. The molecule has 0 saturated carbocycles. The van der Waals surface area contributed by atoms with E-state index in [2.05, 4.69) is 39.6 Å². The number of imidazole rings is 1. The van der Waals surface area contributed by atoms with Gasteiger partial charge in [0, 0.05) is 5.69 Å². The molecule has 3 aromatic carbocycles. The molecular formula is C19H15N3OS. The third-order valence-corrected chi connectivity index (χ3v) is 4.60. The van der Waals surface area contributed by atoms with E-state index in [1.165, 1.54) is 17.1 Å². The predicted octanol–water partition coefficient (Wildman–Crippen LogP) is 4.45. The lowest BCUT2D eigenvalue weighted by Gasteiger charge is -2.03. The van der Waals surface area contributed by atoms with Gasteiger partial charge >= 0.3 is 0 Å². The third-order valence-electron chi connectivity index (χ3n) is 3.73. The number of nitrogens with zero attached hydrogens (tertiary/aromatic N) is 1. The Labute approximate surface area is 143 Å². The lowest BCUT2D eigenvalue weighted by Crippen LogP contribution is -2.13. The second-order valence-corrected chi connectivity index (χ2v) is 6.43. The van der Waals surface area contributed by atoms with Crippen molar-refractivity contribution in [2.75, 3.05) is 11.1 Å². The molecule has 2 N–H and O–H groups in total. The van der Waals surface area contributed by atoms with Crippen molar-refractivity contribution in [3.63, 3.8) is 0 Å². The first-order valence-electron chi connectivity index (χ1n) is 7.64. The predicted molar refractivity (Wildman–Crippen MR) is 99.4 cm³/mol. The van der Waals surface area contributed by atoms with Crippen molar-refractivity contribution >= 4 is 45.2 Å². The zero-order chi connectivity index (χ0) is 16.4. The van der Waals surface area contributed by atoms with Crippen molar-refractivity contribution in [2.24, 2.45) is 0 Å². The van der Waals surface area contributed by atoms with Crippen LogP contribution in [0.3, 0.4) is 0 Å². The van der Waals surface area contributed by atoms with Gasteiger partial charge in [0.25, 0.3) is 0 Å². The topological polar surface area (TPSA) is 57.8 Å². The van der Waals surface area contributed by atoms with E-state index in [-0.39, 0.29) is 5.91 Å². The minimum absolute atomic E-state index is 0.0446. The molecule has 0 aliphatic heterocycles. The van der Waals surface area contributed by atoms with Crippen LogP contribution in [0.4, 0.5) is 5.69 Å². The fourth-order valence-electron chi connectivity index (χ4n) is 2.59. The highest BCUT2D eigenvalue weighted by Gasteiger charge is 2.08. The molecular weight excluding hydrogens is 318 g/mol. The maximum Gasteiger partial charge on any atom is 0.234 e. The van der Waals surface area contributed by atoms with Gasteiger partial charge in [-0.3, -0.25) is 4.79 Å². The molecule has 0 fully saturated rings. The maximum absolute atomic E-state index is 12.0. The van der Waals surface area contributed by atoms with E-state index in [9.17, 15) is 4.79 Å². The summed E-state index contributed by atoms with van der Waals surface area (Å²) in [5.41, 5.74) is 2.71. The standard InChI is InChI=1S/C19H15N3OS/c23-18(20-15-8-2-1-3-9-15)12-24-19-21-16-10-13-6-4-5-7-14(13)11-17(16)22-19/h1-11H,12H2,(H,20,23)(H,21,22). The summed E-state index contributed by atoms with van der Waals surface area (Å²) in [6.07, 6.45) is 0. The van der Waals surface area contributed by atoms with E-state index in [0.29, 0.717) is 5.75 Å². The number of fused-ring (bicyclic) bond motifs is 2. The van der Waals surface area contributed by atoms with Gasteiger partial charge in [0.2, 0.25) is 5.91 Å².